The van der Waals surface area contributed by atoms with Crippen LogP contribution in [0.2, 0.25) is 5.02 Å². The zero-order chi connectivity index (χ0) is 15.2. The molecule has 2 aromatic carbocycles. The molecule has 0 aromatic heterocycles. The molecule has 0 bridgehead atoms. The number of rotatable bonds is 4. The van der Waals surface area contributed by atoms with Crippen molar-refractivity contribution in [3.05, 3.63) is 70.7 Å². The topological polar surface area (TPSA) is 15.6 Å². The minimum absolute atomic E-state index is 0.780. The number of hydrogen-bond donors (Lipinski definition) is 0. The lowest BCUT2D eigenvalue weighted by Gasteiger charge is -2.27. The first-order valence-electron chi connectivity index (χ1n) is 7.52. The zero-order valence-corrected chi connectivity index (χ0v) is 14.0. The van der Waals surface area contributed by atoms with Crippen molar-refractivity contribution in [2.45, 2.75) is 19.5 Å². The Balaban J connectivity index is 1.79. The van der Waals surface area contributed by atoms with Crippen LogP contribution in [0.3, 0.4) is 0 Å². The van der Waals surface area contributed by atoms with E-state index in [4.69, 9.17) is 16.6 Å². The van der Waals surface area contributed by atoms with E-state index in [1.54, 1.807) is 0 Å². The second-order valence-electron chi connectivity index (χ2n) is 5.33. The van der Waals surface area contributed by atoms with Crippen LogP contribution in [0.15, 0.2) is 59.6 Å². The molecule has 3 rings (SSSR count). The lowest BCUT2D eigenvalue weighted by molar-refractivity contribution is 0.412. The smallest absolute Gasteiger partial charge is 0.159 e. The van der Waals surface area contributed by atoms with Gasteiger partial charge in [0.05, 0.1) is 0 Å². The van der Waals surface area contributed by atoms with E-state index in [0.29, 0.717) is 0 Å². The quantitative estimate of drug-likeness (QED) is 0.797. The van der Waals surface area contributed by atoms with Gasteiger partial charge in [-0.2, -0.15) is 0 Å². The zero-order valence-electron chi connectivity index (χ0n) is 12.4. The van der Waals surface area contributed by atoms with Crippen molar-refractivity contribution in [3.8, 4) is 0 Å². The standard InChI is InChI=1S/C18H19ClN2S/c19-17-9-7-16(8-10-17)14-21(18-20-11-4-12-22-18)13-15-5-2-1-3-6-15/h1-3,5-10H,4,11-14H2. The molecule has 0 radical (unpaired) electrons. The summed E-state index contributed by atoms with van der Waals surface area (Å²) in [5, 5.41) is 1.94. The molecule has 0 atom stereocenters. The van der Waals surface area contributed by atoms with Gasteiger partial charge in [0.25, 0.3) is 0 Å². The van der Waals surface area contributed by atoms with E-state index in [-0.39, 0.29) is 0 Å². The summed E-state index contributed by atoms with van der Waals surface area (Å²) >= 11 is 7.85. The van der Waals surface area contributed by atoms with Gasteiger partial charge < -0.3 is 4.90 Å². The molecule has 0 saturated heterocycles. The van der Waals surface area contributed by atoms with Crippen LogP contribution in [-0.4, -0.2) is 22.4 Å². The highest BCUT2D eigenvalue weighted by Gasteiger charge is 2.15. The van der Waals surface area contributed by atoms with Gasteiger partial charge in [0.15, 0.2) is 5.17 Å². The van der Waals surface area contributed by atoms with Crippen LogP contribution in [0, 0.1) is 0 Å². The molecule has 0 saturated carbocycles. The third kappa shape index (κ3) is 4.28. The third-order valence-corrected chi connectivity index (χ3v) is 4.94. The van der Waals surface area contributed by atoms with Crippen molar-refractivity contribution in [2.75, 3.05) is 12.3 Å². The summed E-state index contributed by atoms with van der Waals surface area (Å²) in [7, 11) is 0. The van der Waals surface area contributed by atoms with Gasteiger partial charge in [0.2, 0.25) is 0 Å². The number of thioether (sulfide) groups is 1. The summed E-state index contributed by atoms with van der Waals surface area (Å²) < 4.78 is 0. The maximum atomic E-state index is 5.99. The van der Waals surface area contributed by atoms with Crippen molar-refractivity contribution in [3.63, 3.8) is 0 Å². The van der Waals surface area contributed by atoms with Crippen LogP contribution in [0.25, 0.3) is 0 Å². The summed E-state index contributed by atoms with van der Waals surface area (Å²) in [5.74, 6) is 1.16. The van der Waals surface area contributed by atoms with Crippen molar-refractivity contribution in [2.24, 2.45) is 4.99 Å². The fraction of sp³-hybridized carbons (Fsp3) is 0.278. The maximum absolute atomic E-state index is 5.99. The largest absolute Gasteiger partial charge is 0.343 e. The highest BCUT2D eigenvalue weighted by molar-refractivity contribution is 8.13. The molecule has 1 aliphatic rings. The van der Waals surface area contributed by atoms with Gasteiger partial charge in [0.1, 0.15) is 0 Å². The van der Waals surface area contributed by atoms with Crippen molar-refractivity contribution in [1.82, 2.24) is 4.90 Å². The molecule has 0 spiro atoms. The van der Waals surface area contributed by atoms with E-state index in [1.807, 2.05) is 23.9 Å². The molecular formula is C18H19ClN2S. The van der Waals surface area contributed by atoms with E-state index >= 15 is 0 Å². The molecule has 1 aliphatic heterocycles. The first kappa shape index (κ1) is 15.4. The molecular weight excluding hydrogens is 312 g/mol. The van der Waals surface area contributed by atoms with Crippen LogP contribution in [0.1, 0.15) is 17.5 Å². The maximum Gasteiger partial charge on any atom is 0.159 e. The number of amidine groups is 1. The fourth-order valence-corrected chi connectivity index (χ4v) is 3.52. The van der Waals surface area contributed by atoms with Crippen LogP contribution in [0.5, 0.6) is 0 Å². The second kappa shape index (κ2) is 7.70. The minimum Gasteiger partial charge on any atom is -0.343 e. The highest BCUT2D eigenvalue weighted by atomic mass is 35.5. The van der Waals surface area contributed by atoms with E-state index in [9.17, 15) is 0 Å². The van der Waals surface area contributed by atoms with Gasteiger partial charge in [-0.15, -0.1) is 0 Å². The van der Waals surface area contributed by atoms with Gasteiger partial charge in [0, 0.05) is 30.4 Å². The third-order valence-electron chi connectivity index (χ3n) is 3.55. The number of aliphatic imine (C=N–C) groups is 1. The van der Waals surface area contributed by atoms with E-state index in [0.717, 1.165) is 35.6 Å². The number of nitrogens with zero attached hydrogens (tertiary/aromatic N) is 2. The first-order chi connectivity index (χ1) is 10.8. The summed E-state index contributed by atoms with van der Waals surface area (Å²) in [4.78, 5) is 7.08. The second-order valence-corrected chi connectivity index (χ2v) is 6.83. The molecule has 1 heterocycles. The van der Waals surface area contributed by atoms with Crippen LogP contribution >= 0.6 is 23.4 Å². The van der Waals surface area contributed by atoms with Crippen molar-refractivity contribution in [1.29, 1.82) is 0 Å². The molecule has 0 aliphatic carbocycles. The van der Waals surface area contributed by atoms with Crippen LogP contribution in [0.4, 0.5) is 0 Å². The Labute approximate surface area is 141 Å². The van der Waals surface area contributed by atoms with Crippen molar-refractivity contribution < 1.29 is 0 Å². The SMILES string of the molecule is Clc1ccc(CN(Cc2ccccc2)C2=NCCCS2)cc1. The number of hydrogen-bond acceptors (Lipinski definition) is 3. The predicted octanol–water partition coefficient (Wildman–Crippen LogP) is 4.84. The van der Waals surface area contributed by atoms with Gasteiger partial charge in [-0.1, -0.05) is 65.8 Å². The van der Waals surface area contributed by atoms with E-state index < -0.39 is 0 Å². The summed E-state index contributed by atoms with van der Waals surface area (Å²) in [6.45, 7) is 2.68. The minimum atomic E-state index is 0.780. The first-order valence-corrected chi connectivity index (χ1v) is 8.88. The van der Waals surface area contributed by atoms with Gasteiger partial charge in [-0.25, -0.2) is 0 Å². The number of benzene rings is 2. The van der Waals surface area contributed by atoms with Gasteiger partial charge >= 0.3 is 0 Å². The monoisotopic (exact) mass is 330 g/mol. The van der Waals surface area contributed by atoms with Crippen molar-refractivity contribution >= 4 is 28.5 Å². The van der Waals surface area contributed by atoms with Gasteiger partial charge in [-0.05, 0) is 29.7 Å². The Hall–Kier alpha value is -1.45. The molecule has 0 fully saturated rings. The average molecular weight is 331 g/mol. The molecule has 2 nitrogen and oxygen atoms in total. The molecule has 22 heavy (non-hydrogen) atoms. The Morgan fingerprint density at radius 2 is 1.64 bits per heavy atom. The summed E-state index contributed by atoms with van der Waals surface area (Å²) in [6.07, 6.45) is 1.17. The van der Waals surface area contributed by atoms with Gasteiger partial charge in [-0.3, -0.25) is 4.99 Å². The molecule has 0 N–H and O–H groups in total. The highest BCUT2D eigenvalue weighted by Crippen LogP contribution is 2.21. The summed E-state index contributed by atoms with van der Waals surface area (Å²) in [6, 6.07) is 18.7. The predicted molar refractivity (Wildman–Crippen MR) is 96.5 cm³/mol. The normalized spacial score (nSPS) is 14.5. The lowest BCUT2D eigenvalue weighted by Crippen LogP contribution is -2.30. The van der Waals surface area contributed by atoms with Crippen LogP contribution < -0.4 is 0 Å². The average Bonchev–Trinajstić information content (AvgIpc) is 2.58. The Bertz CT molecular complexity index is 625. The lowest BCUT2D eigenvalue weighted by atomic mass is 10.2. The fourth-order valence-electron chi connectivity index (χ4n) is 2.44. The Kier molecular flexibility index (Phi) is 5.41. The Morgan fingerprint density at radius 1 is 0.955 bits per heavy atom. The number of halogens is 1. The molecule has 4 heteroatoms. The molecule has 114 valence electrons. The molecule has 2 aromatic rings. The Morgan fingerprint density at radius 3 is 2.27 bits per heavy atom. The molecule has 0 unspecified atom stereocenters. The van der Waals surface area contributed by atoms with Crippen LogP contribution in [-0.2, 0) is 13.1 Å². The van der Waals surface area contributed by atoms with E-state index in [2.05, 4.69) is 47.4 Å². The van der Waals surface area contributed by atoms with E-state index in [1.165, 1.54) is 17.5 Å². The summed E-state index contributed by atoms with van der Waals surface area (Å²) in [5.41, 5.74) is 2.57. The molecule has 0 amide bonds.